The van der Waals surface area contributed by atoms with Crippen LogP contribution in [0.1, 0.15) is 29.0 Å². The van der Waals surface area contributed by atoms with Gasteiger partial charge in [0.1, 0.15) is 5.75 Å². The molecule has 1 saturated heterocycles. The SMILES string of the molecule is COc1ccc(C2CN(Cc3cncc(C)c3)CC[C@H]2NC(=O)Nc2ccc(Cl)cc2)cc1. The number of aryl methyl sites for hydroxylation is 1. The van der Waals surface area contributed by atoms with Gasteiger partial charge in [-0.25, -0.2) is 4.79 Å². The smallest absolute Gasteiger partial charge is 0.319 e. The summed E-state index contributed by atoms with van der Waals surface area (Å²) in [6.07, 6.45) is 4.66. The molecule has 7 heteroatoms. The van der Waals surface area contributed by atoms with Crippen LogP contribution in [0.15, 0.2) is 67.0 Å². The fourth-order valence-electron chi connectivity index (χ4n) is 4.36. The Labute approximate surface area is 199 Å². The minimum atomic E-state index is -0.211. The number of hydrogen-bond acceptors (Lipinski definition) is 4. The Kier molecular flexibility index (Phi) is 7.47. The van der Waals surface area contributed by atoms with E-state index in [2.05, 4.69) is 45.6 Å². The number of nitrogens with one attached hydrogen (secondary N) is 2. The number of amides is 2. The van der Waals surface area contributed by atoms with Crippen molar-refractivity contribution in [3.63, 3.8) is 0 Å². The van der Waals surface area contributed by atoms with Crippen LogP contribution in [-0.2, 0) is 6.54 Å². The standard InChI is InChI=1S/C26H29ClN4O2/c1-18-13-19(15-28-14-18)16-31-12-11-25(24(17-31)20-3-9-23(33-2)10-4-20)30-26(32)29-22-7-5-21(27)6-8-22/h3-10,13-15,24-25H,11-12,16-17H2,1-2H3,(H2,29,30,32)/t24?,25-/m1/s1. The molecule has 2 amide bonds. The molecule has 1 aliphatic rings. The van der Waals surface area contributed by atoms with Crippen molar-refractivity contribution in [2.75, 3.05) is 25.5 Å². The third kappa shape index (κ3) is 6.24. The molecule has 2 heterocycles. The summed E-state index contributed by atoms with van der Waals surface area (Å²) in [4.78, 5) is 19.5. The molecular formula is C26H29ClN4O2. The molecule has 1 aromatic heterocycles. The van der Waals surface area contributed by atoms with Gasteiger partial charge in [0.25, 0.3) is 0 Å². The number of methoxy groups -OCH3 is 1. The average Bonchev–Trinajstić information content (AvgIpc) is 2.82. The van der Waals surface area contributed by atoms with Crippen LogP contribution in [0.25, 0.3) is 0 Å². The Bertz CT molecular complexity index is 1070. The van der Waals surface area contributed by atoms with Crippen LogP contribution in [0.4, 0.5) is 10.5 Å². The van der Waals surface area contributed by atoms with Gasteiger partial charge in [-0.2, -0.15) is 0 Å². The van der Waals surface area contributed by atoms with Crippen LogP contribution in [-0.4, -0.2) is 42.2 Å². The molecule has 4 rings (SSSR count). The molecule has 1 aliphatic heterocycles. The quantitative estimate of drug-likeness (QED) is 0.524. The molecule has 2 aromatic carbocycles. The average molecular weight is 465 g/mol. The maximum atomic E-state index is 12.8. The first-order chi connectivity index (χ1) is 16.0. The van der Waals surface area contributed by atoms with Crippen molar-refractivity contribution in [1.29, 1.82) is 0 Å². The topological polar surface area (TPSA) is 66.5 Å². The predicted octanol–water partition coefficient (Wildman–Crippen LogP) is 5.23. The number of nitrogens with zero attached hydrogens (tertiary/aromatic N) is 2. The second-order valence-corrected chi connectivity index (χ2v) is 8.92. The number of piperidine rings is 1. The molecule has 0 saturated carbocycles. The van der Waals surface area contributed by atoms with Gasteiger partial charge in [-0.05, 0) is 66.4 Å². The van der Waals surface area contributed by atoms with Crippen molar-refractivity contribution >= 4 is 23.3 Å². The van der Waals surface area contributed by atoms with Gasteiger partial charge in [0.2, 0.25) is 0 Å². The molecular weight excluding hydrogens is 436 g/mol. The second-order valence-electron chi connectivity index (χ2n) is 8.49. The maximum absolute atomic E-state index is 12.8. The van der Waals surface area contributed by atoms with Gasteiger partial charge in [-0.15, -0.1) is 0 Å². The predicted molar refractivity (Wildman–Crippen MR) is 132 cm³/mol. The largest absolute Gasteiger partial charge is 0.497 e. The summed E-state index contributed by atoms with van der Waals surface area (Å²) in [6.45, 7) is 4.63. The van der Waals surface area contributed by atoms with E-state index in [-0.39, 0.29) is 18.0 Å². The van der Waals surface area contributed by atoms with Crippen molar-refractivity contribution in [3.05, 3.63) is 88.7 Å². The van der Waals surface area contributed by atoms with Gasteiger partial charge >= 0.3 is 6.03 Å². The molecule has 0 bridgehead atoms. The highest BCUT2D eigenvalue weighted by atomic mass is 35.5. The summed E-state index contributed by atoms with van der Waals surface area (Å²) < 4.78 is 5.33. The molecule has 6 nitrogen and oxygen atoms in total. The van der Waals surface area contributed by atoms with Gasteiger partial charge < -0.3 is 15.4 Å². The van der Waals surface area contributed by atoms with E-state index in [4.69, 9.17) is 16.3 Å². The van der Waals surface area contributed by atoms with Gasteiger partial charge in [0, 0.05) is 54.7 Å². The minimum absolute atomic E-state index is 0.0116. The molecule has 33 heavy (non-hydrogen) atoms. The first-order valence-corrected chi connectivity index (χ1v) is 11.5. The molecule has 0 radical (unpaired) electrons. The van der Waals surface area contributed by atoms with Gasteiger partial charge in [-0.1, -0.05) is 29.8 Å². The maximum Gasteiger partial charge on any atom is 0.319 e. The van der Waals surface area contributed by atoms with Gasteiger partial charge in [-0.3, -0.25) is 9.88 Å². The van der Waals surface area contributed by atoms with Crippen LogP contribution >= 0.6 is 11.6 Å². The third-order valence-corrected chi connectivity index (χ3v) is 6.25. The van der Waals surface area contributed by atoms with E-state index in [1.54, 1.807) is 31.4 Å². The Morgan fingerprint density at radius 3 is 2.61 bits per heavy atom. The fourth-order valence-corrected chi connectivity index (χ4v) is 4.48. The number of ether oxygens (including phenoxy) is 1. The molecule has 2 N–H and O–H groups in total. The van der Waals surface area contributed by atoms with Crippen LogP contribution in [0.2, 0.25) is 5.02 Å². The number of benzene rings is 2. The van der Waals surface area contributed by atoms with Crippen LogP contribution in [0.5, 0.6) is 5.75 Å². The number of urea groups is 1. The van der Waals surface area contributed by atoms with Crippen molar-refractivity contribution < 1.29 is 9.53 Å². The molecule has 1 fully saturated rings. The first kappa shape index (κ1) is 23.1. The number of halogens is 1. The number of aromatic nitrogens is 1. The van der Waals surface area contributed by atoms with E-state index in [1.165, 1.54) is 11.1 Å². The zero-order chi connectivity index (χ0) is 23.2. The monoisotopic (exact) mass is 464 g/mol. The van der Waals surface area contributed by atoms with Crippen molar-refractivity contribution in [2.24, 2.45) is 0 Å². The van der Waals surface area contributed by atoms with Crippen LogP contribution < -0.4 is 15.4 Å². The van der Waals surface area contributed by atoms with Crippen LogP contribution in [0.3, 0.4) is 0 Å². The number of hydrogen-bond donors (Lipinski definition) is 2. The normalized spacial score (nSPS) is 18.5. The highest BCUT2D eigenvalue weighted by Gasteiger charge is 2.31. The molecule has 1 unspecified atom stereocenters. The molecule has 2 atom stereocenters. The van der Waals surface area contributed by atoms with E-state index >= 15 is 0 Å². The lowest BCUT2D eigenvalue weighted by Crippen LogP contribution is -2.50. The Morgan fingerprint density at radius 1 is 1.15 bits per heavy atom. The summed E-state index contributed by atoms with van der Waals surface area (Å²) in [5.74, 6) is 0.973. The first-order valence-electron chi connectivity index (χ1n) is 11.1. The summed E-state index contributed by atoms with van der Waals surface area (Å²) in [7, 11) is 1.67. The third-order valence-electron chi connectivity index (χ3n) is 6.00. The lowest BCUT2D eigenvalue weighted by molar-refractivity contribution is 0.168. The summed E-state index contributed by atoms with van der Waals surface area (Å²) >= 11 is 5.95. The summed E-state index contributed by atoms with van der Waals surface area (Å²) in [5.41, 5.74) is 4.26. The highest BCUT2D eigenvalue weighted by molar-refractivity contribution is 6.30. The highest BCUT2D eigenvalue weighted by Crippen LogP contribution is 2.30. The summed E-state index contributed by atoms with van der Waals surface area (Å²) in [6, 6.07) is 17.2. The zero-order valence-corrected chi connectivity index (χ0v) is 19.7. The molecule has 0 aliphatic carbocycles. The number of carbonyl (C=O) groups excluding carboxylic acids is 1. The number of rotatable bonds is 6. The van der Waals surface area contributed by atoms with Crippen molar-refractivity contribution in [3.8, 4) is 5.75 Å². The minimum Gasteiger partial charge on any atom is -0.497 e. The Morgan fingerprint density at radius 2 is 1.91 bits per heavy atom. The van der Waals surface area contributed by atoms with E-state index in [1.807, 2.05) is 24.5 Å². The Balaban J connectivity index is 1.48. The van der Waals surface area contributed by atoms with Gasteiger partial charge in [0.15, 0.2) is 0 Å². The summed E-state index contributed by atoms with van der Waals surface area (Å²) in [5, 5.41) is 6.75. The van der Waals surface area contributed by atoms with Crippen LogP contribution in [0, 0.1) is 6.92 Å². The van der Waals surface area contributed by atoms with E-state index in [0.717, 1.165) is 37.4 Å². The lowest BCUT2D eigenvalue weighted by atomic mass is 9.85. The van der Waals surface area contributed by atoms with E-state index < -0.39 is 0 Å². The van der Waals surface area contributed by atoms with Gasteiger partial charge in [0.05, 0.1) is 7.11 Å². The number of pyridine rings is 1. The second kappa shape index (κ2) is 10.7. The van der Waals surface area contributed by atoms with E-state index in [9.17, 15) is 4.79 Å². The zero-order valence-electron chi connectivity index (χ0n) is 18.9. The van der Waals surface area contributed by atoms with E-state index in [0.29, 0.717) is 10.7 Å². The molecule has 172 valence electrons. The molecule has 0 spiro atoms. The van der Waals surface area contributed by atoms with Crippen molar-refractivity contribution in [1.82, 2.24) is 15.2 Å². The van der Waals surface area contributed by atoms with Crippen molar-refractivity contribution in [2.45, 2.75) is 31.8 Å². The fraction of sp³-hybridized carbons (Fsp3) is 0.308. The number of likely N-dealkylation sites (tertiary alicyclic amines) is 1. The number of anilines is 1. The lowest BCUT2D eigenvalue weighted by Gasteiger charge is -2.39. The molecule has 3 aromatic rings. The Hall–Kier alpha value is -3.09. The number of carbonyl (C=O) groups is 1.